The number of rotatable bonds is 3. The van der Waals surface area contributed by atoms with E-state index in [0.717, 1.165) is 39.1 Å². The van der Waals surface area contributed by atoms with Gasteiger partial charge in [-0.3, -0.25) is 4.90 Å². The summed E-state index contributed by atoms with van der Waals surface area (Å²) in [6.07, 6.45) is 7.19. The third-order valence-electron chi connectivity index (χ3n) is 2.30. The van der Waals surface area contributed by atoms with Gasteiger partial charge in [-0.25, -0.2) is 0 Å². The zero-order valence-corrected chi connectivity index (χ0v) is 8.68. The molecule has 0 saturated carbocycles. The van der Waals surface area contributed by atoms with E-state index < -0.39 is 0 Å². The van der Waals surface area contributed by atoms with Crippen LogP contribution in [0.15, 0.2) is 0 Å². The molecular formula is C11H19NO. The van der Waals surface area contributed by atoms with Gasteiger partial charge in [-0.15, -0.1) is 12.3 Å². The Morgan fingerprint density at radius 1 is 1.54 bits per heavy atom. The van der Waals surface area contributed by atoms with Crippen molar-refractivity contribution in [3.63, 3.8) is 0 Å². The van der Waals surface area contributed by atoms with E-state index in [9.17, 15) is 0 Å². The molecule has 1 heterocycles. The van der Waals surface area contributed by atoms with Crippen LogP contribution in [0.3, 0.4) is 0 Å². The van der Waals surface area contributed by atoms with E-state index in [0.29, 0.717) is 0 Å². The van der Waals surface area contributed by atoms with E-state index in [1.807, 2.05) is 0 Å². The molecule has 0 bridgehead atoms. The molecule has 0 N–H and O–H groups in total. The highest BCUT2D eigenvalue weighted by atomic mass is 16.5. The van der Waals surface area contributed by atoms with E-state index in [2.05, 4.69) is 24.7 Å². The maximum Gasteiger partial charge on any atom is 0.0753 e. The maximum absolute atomic E-state index is 5.62. The van der Waals surface area contributed by atoms with E-state index in [4.69, 9.17) is 11.2 Å². The Bertz CT molecular complexity index is 193. The van der Waals surface area contributed by atoms with Crippen LogP contribution in [0.1, 0.15) is 26.7 Å². The van der Waals surface area contributed by atoms with Crippen LogP contribution < -0.4 is 0 Å². The fraction of sp³-hybridized carbons (Fsp3) is 0.818. The van der Waals surface area contributed by atoms with Gasteiger partial charge in [0, 0.05) is 19.5 Å². The van der Waals surface area contributed by atoms with Gasteiger partial charge in [-0.2, -0.15) is 0 Å². The molecule has 2 nitrogen and oxygen atoms in total. The molecule has 1 rings (SSSR count). The summed E-state index contributed by atoms with van der Waals surface area (Å²) in [4.78, 5) is 2.43. The second kappa shape index (κ2) is 4.64. The highest BCUT2D eigenvalue weighted by Crippen LogP contribution is 2.16. The monoisotopic (exact) mass is 181 g/mol. The minimum atomic E-state index is 0.0222. The van der Waals surface area contributed by atoms with Crippen molar-refractivity contribution < 1.29 is 4.74 Å². The molecule has 1 saturated heterocycles. The third-order valence-corrected chi connectivity index (χ3v) is 2.30. The quantitative estimate of drug-likeness (QED) is 0.483. The zero-order chi connectivity index (χ0) is 9.73. The second-order valence-electron chi connectivity index (χ2n) is 4.19. The Balaban J connectivity index is 2.23. The number of hydrogen-bond acceptors (Lipinski definition) is 2. The molecule has 13 heavy (non-hydrogen) atoms. The number of ether oxygens (including phenoxy) is 1. The molecule has 2 heteroatoms. The fourth-order valence-corrected chi connectivity index (χ4v) is 1.71. The Kier molecular flexibility index (Phi) is 3.77. The summed E-state index contributed by atoms with van der Waals surface area (Å²) in [5, 5.41) is 0. The van der Waals surface area contributed by atoms with Crippen molar-refractivity contribution >= 4 is 0 Å². The summed E-state index contributed by atoms with van der Waals surface area (Å²) >= 11 is 0. The van der Waals surface area contributed by atoms with Crippen LogP contribution in [0.25, 0.3) is 0 Å². The standard InChI is InChI=1S/C11H19NO/c1-4-5-6-7-12-8-9-13-11(2,3)10-12/h1H,5-10H2,2-3H3. The van der Waals surface area contributed by atoms with Gasteiger partial charge in [-0.05, 0) is 26.8 Å². The summed E-state index contributed by atoms with van der Waals surface area (Å²) in [6.45, 7) is 8.31. The average Bonchev–Trinajstić information content (AvgIpc) is 2.03. The molecule has 1 aliphatic rings. The van der Waals surface area contributed by atoms with Gasteiger partial charge in [0.05, 0.1) is 12.2 Å². The lowest BCUT2D eigenvalue weighted by Gasteiger charge is -2.38. The van der Waals surface area contributed by atoms with Crippen LogP contribution in [0.5, 0.6) is 0 Å². The summed E-state index contributed by atoms with van der Waals surface area (Å²) in [7, 11) is 0. The van der Waals surface area contributed by atoms with Crippen molar-refractivity contribution in [2.45, 2.75) is 32.3 Å². The van der Waals surface area contributed by atoms with Gasteiger partial charge in [0.1, 0.15) is 0 Å². The Hall–Kier alpha value is -0.520. The molecule has 0 aromatic rings. The van der Waals surface area contributed by atoms with Gasteiger partial charge >= 0.3 is 0 Å². The van der Waals surface area contributed by atoms with Gasteiger partial charge in [-0.1, -0.05) is 0 Å². The average molecular weight is 181 g/mol. The lowest BCUT2D eigenvalue weighted by Crippen LogP contribution is -2.48. The molecule has 0 amide bonds. The second-order valence-corrected chi connectivity index (χ2v) is 4.19. The molecule has 0 aliphatic carbocycles. The summed E-state index contributed by atoms with van der Waals surface area (Å²) in [5.74, 6) is 2.67. The minimum Gasteiger partial charge on any atom is -0.373 e. The van der Waals surface area contributed by atoms with Crippen molar-refractivity contribution in [1.82, 2.24) is 4.90 Å². The fourth-order valence-electron chi connectivity index (χ4n) is 1.71. The van der Waals surface area contributed by atoms with Crippen molar-refractivity contribution in [1.29, 1.82) is 0 Å². The van der Waals surface area contributed by atoms with E-state index in [1.54, 1.807) is 0 Å². The smallest absolute Gasteiger partial charge is 0.0753 e. The van der Waals surface area contributed by atoms with Crippen molar-refractivity contribution in [3.8, 4) is 12.3 Å². The Morgan fingerprint density at radius 3 is 2.92 bits per heavy atom. The van der Waals surface area contributed by atoms with Crippen LogP contribution in [-0.4, -0.2) is 36.7 Å². The molecule has 0 radical (unpaired) electrons. The van der Waals surface area contributed by atoms with Crippen molar-refractivity contribution in [2.24, 2.45) is 0 Å². The van der Waals surface area contributed by atoms with Gasteiger partial charge in [0.15, 0.2) is 0 Å². The van der Waals surface area contributed by atoms with Crippen molar-refractivity contribution in [3.05, 3.63) is 0 Å². The number of morpholine rings is 1. The van der Waals surface area contributed by atoms with Crippen LogP contribution in [0.4, 0.5) is 0 Å². The van der Waals surface area contributed by atoms with E-state index in [-0.39, 0.29) is 5.60 Å². The predicted octanol–water partition coefficient (Wildman–Crippen LogP) is 1.51. The zero-order valence-electron chi connectivity index (χ0n) is 8.68. The Morgan fingerprint density at radius 2 is 2.31 bits per heavy atom. The minimum absolute atomic E-state index is 0.0222. The summed E-state index contributed by atoms with van der Waals surface area (Å²) in [5.41, 5.74) is 0.0222. The molecule has 0 atom stereocenters. The van der Waals surface area contributed by atoms with E-state index >= 15 is 0 Å². The van der Waals surface area contributed by atoms with Crippen LogP contribution in [0.2, 0.25) is 0 Å². The van der Waals surface area contributed by atoms with Crippen molar-refractivity contribution in [2.75, 3.05) is 26.2 Å². The molecule has 0 aromatic heterocycles. The van der Waals surface area contributed by atoms with Gasteiger partial charge in [0.25, 0.3) is 0 Å². The summed E-state index contributed by atoms with van der Waals surface area (Å²) < 4.78 is 5.62. The normalized spacial score (nSPS) is 22.5. The first kappa shape index (κ1) is 10.6. The van der Waals surface area contributed by atoms with Crippen LogP contribution in [0, 0.1) is 12.3 Å². The first-order chi connectivity index (χ1) is 6.14. The molecule has 0 spiro atoms. The highest BCUT2D eigenvalue weighted by molar-refractivity contribution is 4.84. The molecule has 0 aromatic carbocycles. The number of hydrogen-bond donors (Lipinski definition) is 0. The van der Waals surface area contributed by atoms with Gasteiger partial charge < -0.3 is 4.74 Å². The first-order valence-corrected chi connectivity index (χ1v) is 4.94. The predicted molar refractivity (Wildman–Crippen MR) is 54.5 cm³/mol. The first-order valence-electron chi connectivity index (χ1n) is 4.94. The molecule has 1 aliphatic heterocycles. The summed E-state index contributed by atoms with van der Waals surface area (Å²) in [6, 6.07) is 0. The third kappa shape index (κ3) is 3.80. The van der Waals surface area contributed by atoms with Crippen LogP contribution in [-0.2, 0) is 4.74 Å². The van der Waals surface area contributed by atoms with Crippen LogP contribution >= 0.6 is 0 Å². The lowest BCUT2D eigenvalue weighted by molar-refractivity contribution is -0.0859. The van der Waals surface area contributed by atoms with E-state index in [1.165, 1.54) is 0 Å². The molecule has 74 valence electrons. The molecule has 1 fully saturated rings. The highest BCUT2D eigenvalue weighted by Gasteiger charge is 2.26. The Labute approximate surface area is 81.3 Å². The largest absolute Gasteiger partial charge is 0.373 e. The molecule has 0 unspecified atom stereocenters. The topological polar surface area (TPSA) is 12.5 Å². The number of terminal acetylenes is 1. The molecular weight excluding hydrogens is 162 g/mol. The number of nitrogens with zero attached hydrogens (tertiary/aromatic N) is 1. The number of unbranched alkanes of at least 4 members (excludes halogenated alkanes) is 1. The maximum atomic E-state index is 5.62. The van der Waals surface area contributed by atoms with Gasteiger partial charge in [0.2, 0.25) is 0 Å². The SMILES string of the molecule is C#CCCCN1CCOC(C)(C)C1. The lowest BCUT2D eigenvalue weighted by atomic mass is 10.1.